The Balaban J connectivity index is 1.39. The Morgan fingerprint density at radius 2 is 1.59 bits per heavy atom. The number of nitrogens with one attached hydrogen (secondary N) is 2. The van der Waals surface area contributed by atoms with Crippen LogP contribution in [0.5, 0.6) is 11.5 Å². The molecular formula is C25H22Cl2N2O5. The van der Waals surface area contributed by atoms with Crippen molar-refractivity contribution in [2.24, 2.45) is 0 Å². The number of aryl methyl sites for hydroxylation is 1. The van der Waals surface area contributed by atoms with E-state index in [9.17, 15) is 14.4 Å². The van der Waals surface area contributed by atoms with Crippen LogP contribution in [-0.4, -0.2) is 24.4 Å². The first-order valence-electron chi connectivity index (χ1n) is 10.3. The highest BCUT2D eigenvalue weighted by Gasteiger charge is 2.12. The molecule has 0 fully saturated rings. The van der Waals surface area contributed by atoms with Gasteiger partial charge in [-0.1, -0.05) is 41.4 Å². The van der Waals surface area contributed by atoms with E-state index in [2.05, 4.69) is 10.6 Å². The van der Waals surface area contributed by atoms with Crippen molar-refractivity contribution in [2.45, 2.75) is 19.8 Å². The van der Waals surface area contributed by atoms with E-state index in [0.29, 0.717) is 32.9 Å². The molecule has 2 amide bonds. The molecule has 0 unspecified atom stereocenters. The minimum absolute atomic E-state index is 0.0864. The minimum Gasteiger partial charge on any atom is -0.456 e. The van der Waals surface area contributed by atoms with Crippen LogP contribution in [0.25, 0.3) is 0 Å². The van der Waals surface area contributed by atoms with Gasteiger partial charge in [-0.05, 0) is 61.0 Å². The predicted molar refractivity (Wildman–Crippen MR) is 132 cm³/mol. The molecule has 176 valence electrons. The van der Waals surface area contributed by atoms with E-state index < -0.39 is 18.5 Å². The van der Waals surface area contributed by atoms with E-state index >= 15 is 0 Å². The number of para-hydroxylation sites is 1. The maximum atomic E-state index is 12.1. The number of amides is 2. The summed E-state index contributed by atoms with van der Waals surface area (Å²) in [6.07, 6.45) is -0.239. The highest BCUT2D eigenvalue weighted by atomic mass is 35.5. The number of rotatable bonds is 9. The third kappa shape index (κ3) is 7.79. The van der Waals surface area contributed by atoms with Crippen molar-refractivity contribution in [3.63, 3.8) is 0 Å². The molecule has 0 spiro atoms. The van der Waals surface area contributed by atoms with Gasteiger partial charge in [0.15, 0.2) is 6.61 Å². The maximum absolute atomic E-state index is 12.1. The summed E-state index contributed by atoms with van der Waals surface area (Å²) in [5.41, 5.74) is 2.08. The smallest absolute Gasteiger partial charge is 0.306 e. The standard InChI is InChI=1S/C25H22Cl2N2O5/c1-16-4-2-3-5-21(16)29-24(31)15-33-25(32)13-12-23(30)28-18-7-9-19(10-8-18)34-22-11-6-17(26)14-20(22)27/h2-11,14H,12-13,15H2,1H3,(H,28,30)(H,29,31). The molecule has 3 rings (SSSR count). The number of anilines is 2. The molecule has 0 aromatic heterocycles. The van der Waals surface area contributed by atoms with Crippen molar-refractivity contribution >= 4 is 52.4 Å². The molecule has 0 bridgehead atoms. The Hall–Kier alpha value is -3.55. The minimum atomic E-state index is -0.640. The lowest BCUT2D eigenvalue weighted by Gasteiger charge is -2.10. The van der Waals surface area contributed by atoms with Crippen molar-refractivity contribution in [3.8, 4) is 11.5 Å². The highest BCUT2D eigenvalue weighted by molar-refractivity contribution is 6.35. The van der Waals surface area contributed by atoms with Crippen molar-refractivity contribution < 1.29 is 23.9 Å². The molecule has 0 aliphatic carbocycles. The lowest BCUT2D eigenvalue weighted by atomic mass is 10.2. The lowest BCUT2D eigenvalue weighted by Crippen LogP contribution is -2.22. The number of carbonyl (C=O) groups is 3. The molecule has 0 saturated carbocycles. The molecule has 9 heteroatoms. The third-order valence-electron chi connectivity index (χ3n) is 4.60. The van der Waals surface area contributed by atoms with Crippen LogP contribution < -0.4 is 15.4 Å². The third-order valence-corrected chi connectivity index (χ3v) is 5.13. The molecule has 2 N–H and O–H groups in total. The summed E-state index contributed by atoms with van der Waals surface area (Å²) in [6, 6.07) is 18.8. The van der Waals surface area contributed by atoms with E-state index in [-0.39, 0.29) is 18.7 Å². The van der Waals surface area contributed by atoms with Crippen LogP contribution >= 0.6 is 23.2 Å². The van der Waals surface area contributed by atoms with Gasteiger partial charge in [-0.15, -0.1) is 0 Å². The summed E-state index contributed by atoms with van der Waals surface area (Å²) < 4.78 is 10.6. The molecule has 3 aromatic rings. The van der Waals surface area contributed by atoms with Crippen molar-refractivity contribution in [2.75, 3.05) is 17.2 Å². The largest absolute Gasteiger partial charge is 0.456 e. The number of carbonyl (C=O) groups excluding carboxylic acids is 3. The molecule has 0 aliphatic rings. The molecule has 0 aliphatic heterocycles. The average molecular weight is 501 g/mol. The van der Waals surface area contributed by atoms with Crippen LogP contribution in [0.3, 0.4) is 0 Å². The van der Waals surface area contributed by atoms with E-state index in [1.165, 1.54) is 0 Å². The van der Waals surface area contributed by atoms with E-state index in [0.717, 1.165) is 5.56 Å². The number of ether oxygens (including phenoxy) is 2. The zero-order valence-corrected chi connectivity index (χ0v) is 19.8. The molecular weight excluding hydrogens is 479 g/mol. The van der Waals surface area contributed by atoms with E-state index in [1.54, 1.807) is 54.6 Å². The highest BCUT2D eigenvalue weighted by Crippen LogP contribution is 2.32. The Morgan fingerprint density at radius 1 is 0.853 bits per heavy atom. The summed E-state index contributed by atoms with van der Waals surface area (Å²) in [5.74, 6) is -0.479. The first kappa shape index (κ1) is 25.1. The zero-order valence-electron chi connectivity index (χ0n) is 18.3. The summed E-state index contributed by atoms with van der Waals surface area (Å²) >= 11 is 12.0. The van der Waals surface area contributed by atoms with Crippen molar-refractivity contribution in [1.29, 1.82) is 0 Å². The fourth-order valence-electron chi connectivity index (χ4n) is 2.85. The summed E-state index contributed by atoms with van der Waals surface area (Å²) in [4.78, 5) is 35.9. The number of hydrogen-bond acceptors (Lipinski definition) is 5. The monoisotopic (exact) mass is 500 g/mol. The second kappa shape index (κ2) is 12.1. The van der Waals surface area contributed by atoms with Gasteiger partial charge in [0.25, 0.3) is 5.91 Å². The Morgan fingerprint density at radius 3 is 2.29 bits per heavy atom. The van der Waals surface area contributed by atoms with Gasteiger partial charge in [0.05, 0.1) is 11.4 Å². The molecule has 3 aromatic carbocycles. The number of esters is 1. The first-order valence-corrected chi connectivity index (χ1v) is 11.1. The average Bonchev–Trinajstić information content (AvgIpc) is 2.81. The SMILES string of the molecule is Cc1ccccc1NC(=O)COC(=O)CCC(=O)Nc1ccc(Oc2ccc(Cl)cc2Cl)cc1. The van der Waals surface area contributed by atoms with Crippen LogP contribution in [0, 0.1) is 6.92 Å². The fraction of sp³-hybridized carbons (Fsp3) is 0.160. The summed E-state index contributed by atoms with van der Waals surface area (Å²) in [5, 5.41) is 6.24. The quantitative estimate of drug-likeness (QED) is 0.351. The predicted octanol–water partition coefficient (Wildman–Crippen LogP) is 5.99. The first-order chi connectivity index (χ1) is 16.3. The van der Waals surface area contributed by atoms with Crippen LogP contribution in [0.15, 0.2) is 66.7 Å². The van der Waals surface area contributed by atoms with Gasteiger partial charge in [-0.25, -0.2) is 0 Å². The molecule has 0 atom stereocenters. The van der Waals surface area contributed by atoms with Gasteiger partial charge in [-0.2, -0.15) is 0 Å². The van der Waals surface area contributed by atoms with Crippen LogP contribution in [0.1, 0.15) is 18.4 Å². The molecule has 0 radical (unpaired) electrons. The second-order valence-electron chi connectivity index (χ2n) is 7.27. The number of hydrogen-bond donors (Lipinski definition) is 2. The molecule has 0 heterocycles. The van der Waals surface area contributed by atoms with Crippen LogP contribution in [-0.2, 0) is 19.1 Å². The fourth-order valence-corrected chi connectivity index (χ4v) is 3.30. The molecule has 7 nitrogen and oxygen atoms in total. The Kier molecular flexibility index (Phi) is 8.90. The van der Waals surface area contributed by atoms with Gasteiger partial charge in [0, 0.05) is 22.8 Å². The van der Waals surface area contributed by atoms with Gasteiger partial charge in [0.1, 0.15) is 11.5 Å². The zero-order chi connectivity index (χ0) is 24.5. The molecule has 0 saturated heterocycles. The number of halogens is 2. The van der Waals surface area contributed by atoms with Crippen molar-refractivity contribution in [1.82, 2.24) is 0 Å². The van der Waals surface area contributed by atoms with Crippen molar-refractivity contribution in [3.05, 3.63) is 82.3 Å². The van der Waals surface area contributed by atoms with E-state index in [4.69, 9.17) is 32.7 Å². The van der Waals surface area contributed by atoms with Gasteiger partial charge < -0.3 is 20.1 Å². The summed E-state index contributed by atoms with van der Waals surface area (Å²) in [7, 11) is 0. The van der Waals surface area contributed by atoms with Gasteiger partial charge >= 0.3 is 5.97 Å². The van der Waals surface area contributed by atoms with Crippen LogP contribution in [0.4, 0.5) is 11.4 Å². The normalized spacial score (nSPS) is 10.3. The molecule has 34 heavy (non-hydrogen) atoms. The maximum Gasteiger partial charge on any atom is 0.306 e. The second-order valence-corrected chi connectivity index (χ2v) is 8.12. The van der Waals surface area contributed by atoms with Gasteiger partial charge in [-0.3, -0.25) is 14.4 Å². The Bertz CT molecular complexity index is 1180. The van der Waals surface area contributed by atoms with Crippen LogP contribution in [0.2, 0.25) is 10.0 Å². The topological polar surface area (TPSA) is 93.7 Å². The number of benzene rings is 3. The summed E-state index contributed by atoms with van der Waals surface area (Å²) in [6.45, 7) is 1.43. The van der Waals surface area contributed by atoms with E-state index in [1.807, 2.05) is 19.1 Å². The lowest BCUT2D eigenvalue weighted by molar-refractivity contribution is -0.147. The Labute approximate surface area is 207 Å². The van der Waals surface area contributed by atoms with Gasteiger partial charge in [0.2, 0.25) is 5.91 Å².